The van der Waals surface area contributed by atoms with Gasteiger partial charge in [0.05, 0.1) is 0 Å². The van der Waals surface area contributed by atoms with Gasteiger partial charge >= 0.3 is 6.03 Å². The first-order chi connectivity index (χ1) is 14.4. The molecule has 2 heterocycles. The van der Waals surface area contributed by atoms with Crippen LogP contribution in [0.4, 0.5) is 10.5 Å². The molecule has 0 radical (unpaired) electrons. The summed E-state index contributed by atoms with van der Waals surface area (Å²) < 4.78 is 0. The summed E-state index contributed by atoms with van der Waals surface area (Å²) in [5, 5.41) is 6.52. The predicted octanol–water partition coefficient (Wildman–Crippen LogP) is 2.91. The van der Waals surface area contributed by atoms with Crippen LogP contribution in [0.3, 0.4) is 0 Å². The van der Waals surface area contributed by atoms with Crippen LogP contribution in [0.2, 0.25) is 5.02 Å². The van der Waals surface area contributed by atoms with Gasteiger partial charge in [-0.1, -0.05) is 25.4 Å². The number of anilines is 1. The Kier molecular flexibility index (Phi) is 7.52. The van der Waals surface area contributed by atoms with Gasteiger partial charge in [0.15, 0.2) is 0 Å². The topological polar surface area (TPSA) is 77.6 Å². The summed E-state index contributed by atoms with van der Waals surface area (Å²) >= 11 is 5.96. The first-order valence-corrected chi connectivity index (χ1v) is 10.5. The molecule has 8 heteroatoms. The molecule has 1 aromatic carbocycles. The van der Waals surface area contributed by atoms with Crippen molar-refractivity contribution in [2.75, 3.05) is 31.1 Å². The number of carbonyl (C=O) groups excluding carboxylic acids is 2. The van der Waals surface area contributed by atoms with Crippen molar-refractivity contribution in [1.82, 2.24) is 20.5 Å². The van der Waals surface area contributed by atoms with Crippen LogP contribution in [0.25, 0.3) is 0 Å². The number of halogens is 1. The van der Waals surface area contributed by atoms with E-state index in [0.717, 1.165) is 24.3 Å². The molecule has 1 saturated heterocycles. The van der Waals surface area contributed by atoms with Crippen molar-refractivity contribution in [1.29, 1.82) is 0 Å². The lowest BCUT2D eigenvalue weighted by molar-refractivity contribution is -0.124. The Morgan fingerprint density at radius 2 is 1.67 bits per heavy atom. The van der Waals surface area contributed by atoms with Gasteiger partial charge in [0, 0.05) is 55.8 Å². The molecule has 3 amide bonds. The summed E-state index contributed by atoms with van der Waals surface area (Å²) in [6.07, 6.45) is 3.37. The number of aromatic nitrogens is 1. The maximum atomic E-state index is 12.8. The van der Waals surface area contributed by atoms with Crippen LogP contribution in [0.5, 0.6) is 0 Å². The Balaban J connectivity index is 1.51. The second-order valence-corrected chi connectivity index (χ2v) is 8.13. The number of pyridine rings is 1. The number of nitrogens with zero attached hydrogens (tertiary/aromatic N) is 3. The van der Waals surface area contributed by atoms with E-state index in [1.165, 1.54) is 0 Å². The van der Waals surface area contributed by atoms with E-state index in [1.807, 2.05) is 50.2 Å². The zero-order chi connectivity index (χ0) is 21.5. The second kappa shape index (κ2) is 10.3. The second-order valence-electron chi connectivity index (χ2n) is 7.69. The highest BCUT2D eigenvalue weighted by Gasteiger charge is 2.28. The van der Waals surface area contributed by atoms with Crippen molar-refractivity contribution in [2.24, 2.45) is 5.92 Å². The van der Waals surface area contributed by atoms with E-state index in [9.17, 15) is 9.59 Å². The number of amides is 3. The number of nitrogens with one attached hydrogen (secondary N) is 2. The van der Waals surface area contributed by atoms with Crippen molar-refractivity contribution in [3.63, 3.8) is 0 Å². The normalized spacial score (nSPS) is 15.1. The Labute approximate surface area is 182 Å². The Hall–Kier alpha value is -2.80. The molecule has 0 unspecified atom stereocenters. The third-order valence-electron chi connectivity index (χ3n) is 5.20. The van der Waals surface area contributed by atoms with Crippen LogP contribution in [0.15, 0.2) is 48.8 Å². The number of piperazine rings is 1. The molecule has 0 spiro atoms. The highest BCUT2D eigenvalue weighted by atomic mass is 35.5. The molecule has 0 aliphatic carbocycles. The first kappa shape index (κ1) is 21.9. The fourth-order valence-corrected chi connectivity index (χ4v) is 3.50. The Bertz CT molecular complexity index is 836. The summed E-state index contributed by atoms with van der Waals surface area (Å²) in [6, 6.07) is 10.6. The maximum absolute atomic E-state index is 12.8. The minimum atomic E-state index is -0.589. The quantitative estimate of drug-likeness (QED) is 0.740. The lowest BCUT2D eigenvalue weighted by Crippen LogP contribution is -2.57. The standard InChI is InChI=1S/C22H28ClN5O2/c1-16(2)20(21(29)25-15-17-7-9-24-10-8-17)26-22(30)28-13-11-27(12-14-28)19-5-3-18(23)4-6-19/h3-10,16,20H,11-15H2,1-2H3,(H,25,29)(H,26,30)/t20-/m0/s1. The van der Waals surface area contributed by atoms with E-state index in [0.29, 0.717) is 24.7 Å². The van der Waals surface area contributed by atoms with Crippen LogP contribution in [-0.2, 0) is 11.3 Å². The zero-order valence-corrected chi connectivity index (χ0v) is 18.1. The van der Waals surface area contributed by atoms with Gasteiger partial charge in [-0.05, 0) is 47.9 Å². The van der Waals surface area contributed by atoms with Crippen LogP contribution in [0, 0.1) is 5.92 Å². The molecule has 160 valence electrons. The van der Waals surface area contributed by atoms with Gasteiger partial charge in [0.1, 0.15) is 6.04 Å². The number of rotatable bonds is 6. The van der Waals surface area contributed by atoms with Crippen LogP contribution in [-0.4, -0.2) is 54.0 Å². The maximum Gasteiger partial charge on any atom is 0.318 e. The molecule has 1 fully saturated rings. The van der Waals surface area contributed by atoms with Crippen LogP contribution < -0.4 is 15.5 Å². The molecule has 2 N–H and O–H groups in total. The highest BCUT2D eigenvalue weighted by molar-refractivity contribution is 6.30. The van der Waals surface area contributed by atoms with Crippen LogP contribution >= 0.6 is 11.6 Å². The lowest BCUT2D eigenvalue weighted by atomic mass is 10.0. The smallest absolute Gasteiger partial charge is 0.318 e. The SMILES string of the molecule is CC(C)[C@H](NC(=O)N1CCN(c2ccc(Cl)cc2)CC1)C(=O)NCc1ccncc1. The number of benzene rings is 1. The molecule has 7 nitrogen and oxygen atoms in total. The molecule has 3 rings (SSSR count). The predicted molar refractivity (Wildman–Crippen MR) is 118 cm³/mol. The minimum Gasteiger partial charge on any atom is -0.368 e. The number of hydrogen-bond donors (Lipinski definition) is 2. The summed E-state index contributed by atoms with van der Waals surface area (Å²) in [4.78, 5) is 33.4. The van der Waals surface area contributed by atoms with Crippen molar-refractivity contribution >= 4 is 29.2 Å². The van der Waals surface area contributed by atoms with Crippen molar-refractivity contribution in [2.45, 2.75) is 26.4 Å². The molecule has 1 aromatic heterocycles. The summed E-state index contributed by atoms with van der Waals surface area (Å²) in [5.41, 5.74) is 2.06. The summed E-state index contributed by atoms with van der Waals surface area (Å²) in [5.74, 6) is -0.211. The van der Waals surface area contributed by atoms with Gasteiger partial charge < -0.3 is 20.4 Å². The summed E-state index contributed by atoms with van der Waals surface area (Å²) in [7, 11) is 0. The molecule has 0 saturated carbocycles. The van der Waals surface area contributed by atoms with Crippen LogP contribution in [0.1, 0.15) is 19.4 Å². The highest BCUT2D eigenvalue weighted by Crippen LogP contribution is 2.19. The average molecular weight is 430 g/mol. The van der Waals surface area contributed by atoms with Gasteiger partial charge in [-0.2, -0.15) is 0 Å². The number of urea groups is 1. The molecule has 1 atom stereocenters. The number of hydrogen-bond acceptors (Lipinski definition) is 4. The molecular weight excluding hydrogens is 402 g/mol. The fourth-order valence-electron chi connectivity index (χ4n) is 3.38. The van der Waals surface area contributed by atoms with E-state index in [4.69, 9.17) is 11.6 Å². The Morgan fingerprint density at radius 1 is 1.03 bits per heavy atom. The molecule has 1 aliphatic heterocycles. The van der Waals surface area contributed by atoms with Gasteiger partial charge in [-0.15, -0.1) is 0 Å². The summed E-state index contributed by atoms with van der Waals surface area (Å²) in [6.45, 7) is 6.91. The van der Waals surface area contributed by atoms with E-state index >= 15 is 0 Å². The monoisotopic (exact) mass is 429 g/mol. The van der Waals surface area contributed by atoms with E-state index in [2.05, 4.69) is 20.5 Å². The number of carbonyl (C=O) groups is 2. The third-order valence-corrected chi connectivity index (χ3v) is 5.45. The molecule has 30 heavy (non-hydrogen) atoms. The van der Waals surface area contributed by atoms with E-state index < -0.39 is 6.04 Å². The molecule has 0 bridgehead atoms. The lowest BCUT2D eigenvalue weighted by Gasteiger charge is -2.37. The Morgan fingerprint density at radius 3 is 2.27 bits per heavy atom. The van der Waals surface area contributed by atoms with E-state index in [-0.39, 0.29) is 17.9 Å². The largest absolute Gasteiger partial charge is 0.368 e. The molecule has 1 aliphatic rings. The van der Waals surface area contributed by atoms with Crippen molar-refractivity contribution in [3.05, 3.63) is 59.4 Å². The first-order valence-electron chi connectivity index (χ1n) is 10.2. The average Bonchev–Trinajstić information content (AvgIpc) is 2.77. The van der Waals surface area contributed by atoms with Gasteiger partial charge in [-0.3, -0.25) is 9.78 Å². The molecular formula is C22H28ClN5O2. The van der Waals surface area contributed by atoms with Crippen molar-refractivity contribution in [3.8, 4) is 0 Å². The van der Waals surface area contributed by atoms with E-state index in [1.54, 1.807) is 17.3 Å². The minimum absolute atomic E-state index is 0.0262. The molecule has 2 aromatic rings. The van der Waals surface area contributed by atoms with Gasteiger partial charge in [-0.25, -0.2) is 4.79 Å². The van der Waals surface area contributed by atoms with Gasteiger partial charge in [0.25, 0.3) is 0 Å². The fraction of sp³-hybridized carbons (Fsp3) is 0.409. The van der Waals surface area contributed by atoms with Crippen molar-refractivity contribution < 1.29 is 9.59 Å². The third kappa shape index (κ3) is 5.86. The zero-order valence-electron chi connectivity index (χ0n) is 17.3. The van der Waals surface area contributed by atoms with Gasteiger partial charge in [0.2, 0.25) is 5.91 Å².